The summed E-state index contributed by atoms with van der Waals surface area (Å²) in [6.45, 7) is 4.72. The molecule has 2 aliphatic heterocycles. The number of phenolic OH excluding ortho intramolecular Hbond substituents is 1. The maximum Gasteiger partial charge on any atom is 0.490 e. The molecule has 1 unspecified atom stereocenters. The zero-order valence-electron chi connectivity index (χ0n) is 19.5. The molecule has 0 amide bonds. The number of nitrogens with one attached hydrogen (secondary N) is 2. The number of aromatic hydroxyl groups is 1. The van der Waals surface area contributed by atoms with Gasteiger partial charge in [-0.1, -0.05) is 35.6 Å². The maximum atomic E-state index is 10.6. The summed E-state index contributed by atoms with van der Waals surface area (Å²) in [7, 11) is 0. The Bertz CT molecular complexity index is 1290. The number of carboxylic acid groups (broad SMARTS) is 1. The lowest BCUT2D eigenvalue weighted by Crippen LogP contribution is -2.21. The van der Waals surface area contributed by atoms with Gasteiger partial charge in [0, 0.05) is 18.7 Å². The van der Waals surface area contributed by atoms with Crippen molar-refractivity contribution in [1.29, 1.82) is 0 Å². The minimum atomic E-state index is -5.08. The molecule has 0 aliphatic carbocycles. The first-order valence-corrected chi connectivity index (χ1v) is 11.4. The first-order chi connectivity index (χ1) is 17.1. The van der Waals surface area contributed by atoms with Crippen LogP contribution in [-0.4, -0.2) is 50.4 Å². The van der Waals surface area contributed by atoms with Gasteiger partial charge in [0.25, 0.3) is 0 Å². The number of carboxylic acids is 1. The first-order valence-electron chi connectivity index (χ1n) is 11.4. The predicted octanol–water partition coefficient (Wildman–Crippen LogP) is 4.53. The molecular formula is C25H26F3N5O3. The van der Waals surface area contributed by atoms with E-state index in [2.05, 4.69) is 45.2 Å². The highest BCUT2D eigenvalue weighted by molar-refractivity contribution is 5.75. The number of phenols is 1. The van der Waals surface area contributed by atoms with Crippen LogP contribution in [0.15, 0.2) is 48.5 Å². The summed E-state index contributed by atoms with van der Waals surface area (Å²) in [6, 6.07) is 14.2. The van der Waals surface area contributed by atoms with Crippen molar-refractivity contribution in [3.05, 3.63) is 65.4 Å². The molecule has 0 saturated carbocycles. The van der Waals surface area contributed by atoms with Crippen molar-refractivity contribution in [2.24, 2.45) is 0 Å². The molecule has 2 aromatic carbocycles. The fraction of sp³-hybridized carbons (Fsp3) is 0.320. The molecule has 1 aromatic heterocycles. The van der Waals surface area contributed by atoms with Crippen molar-refractivity contribution in [3.63, 3.8) is 0 Å². The number of nitrogens with zero attached hydrogens (tertiary/aromatic N) is 3. The average molecular weight is 502 g/mol. The summed E-state index contributed by atoms with van der Waals surface area (Å²) in [5, 5.41) is 33.0. The Morgan fingerprint density at radius 2 is 1.97 bits per heavy atom. The molecule has 0 bridgehead atoms. The van der Waals surface area contributed by atoms with Crippen LogP contribution in [0.3, 0.4) is 0 Å². The van der Waals surface area contributed by atoms with Crippen LogP contribution in [0, 0.1) is 6.92 Å². The predicted molar refractivity (Wildman–Crippen MR) is 128 cm³/mol. The summed E-state index contributed by atoms with van der Waals surface area (Å²) in [5.74, 6) is -2.49. The van der Waals surface area contributed by atoms with Gasteiger partial charge >= 0.3 is 12.1 Å². The molecule has 0 spiro atoms. The smallest absolute Gasteiger partial charge is 0.490 e. The van der Waals surface area contributed by atoms with Crippen LogP contribution in [0.1, 0.15) is 35.7 Å². The van der Waals surface area contributed by atoms with E-state index >= 15 is 0 Å². The van der Waals surface area contributed by atoms with Crippen molar-refractivity contribution in [1.82, 2.24) is 20.3 Å². The second-order valence-corrected chi connectivity index (χ2v) is 8.54. The Morgan fingerprint density at radius 3 is 2.64 bits per heavy atom. The Kier molecular flexibility index (Phi) is 7.30. The Hall–Kier alpha value is -3.86. The summed E-state index contributed by atoms with van der Waals surface area (Å²) in [5.41, 5.74) is 7.85. The van der Waals surface area contributed by atoms with Gasteiger partial charge in [0.2, 0.25) is 0 Å². The molecule has 0 saturated heterocycles. The monoisotopic (exact) mass is 501 g/mol. The third-order valence-corrected chi connectivity index (χ3v) is 6.13. The normalized spacial score (nSPS) is 17.0. The van der Waals surface area contributed by atoms with Crippen LogP contribution < -0.4 is 10.6 Å². The summed E-state index contributed by atoms with van der Waals surface area (Å²) in [4.78, 5) is 8.90. The lowest BCUT2D eigenvalue weighted by molar-refractivity contribution is -0.192. The highest BCUT2D eigenvalue weighted by Gasteiger charge is 2.38. The standard InChI is InChI=1S/C23H25N5O.C2HF3O2/c1-15-23-18-7-6-17(16-8-11-24-12-9-16)14-19(18)20(10-13-28(23)27-26-15)25-21-4-2-3-5-22(21)29;3-2(4,5)1(6)7/h2-8,14,20,24-25,29H,9-13H2,1H3;(H,6,7). The third-order valence-electron chi connectivity index (χ3n) is 6.13. The van der Waals surface area contributed by atoms with Crippen LogP contribution >= 0.6 is 0 Å². The molecule has 0 radical (unpaired) electrons. The number of anilines is 1. The highest BCUT2D eigenvalue weighted by Crippen LogP contribution is 2.39. The highest BCUT2D eigenvalue weighted by atomic mass is 19.4. The van der Waals surface area contributed by atoms with Gasteiger partial charge in [-0.05, 0) is 61.2 Å². The second kappa shape index (κ2) is 10.4. The molecule has 11 heteroatoms. The quantitative estimate of drug-likeness (QED) is 0.390. The zero-order valence-corrected chi connectivity index (χ0v) is 19.5. The number of fused-ring (bicyclic) bond motifs is 3. The largest absolute Gasteiger partial charge is 0.506 e. The molecule has 3 aromatic rings. The molecule has 0 fully saturated rings. The first kappa shape index (κ1) is 25.2. The minimum absolute atomic E-state index is 0.0710. The van der Waals surface area contributed by atoms with E-state index in [4.69, 9.17) is 9.90 Å². The van der Waals surface area contributed by atoms with Gasteiger partial charge in [-0.25, -0.2) is 9.48 Å². The fourth-order valence-electron chi connectivity index (χ4n) is 4.38. The SMILES string of the molecule is Cc1nnn2c1-c1ccc(C3=CCNCC3)cc1C(Nc1ccccc1O)CC2.O=C(O)C(F)(F)F. The number of alkyl halides is 3. The van der Waals surface area contributed by atoms with Gasteiger partial charge in [0.1, 0.15) is 5.75 Å². The van der Waals surface area contributed by atoms with E-state index in [1.807, 2.05) is 29.8 Å². The number of aliphatic carboxylic acids is 1. The van der Waals surface area contributed by atoms with Crippen LogP contribution in [0.2, 0.25) is 0 Å². The van der Waals surface area contributed by atoms with Gasteiger partial charge in [0.05, 0.1) is 23.1 Å². The van der Waals surface area contributed by atoms with Crippen LogP contribution in [-0.2, 0) is 11.3 Å². The molecule has 1 atom stereocenters. The molecule has 4 N–H and O–H groups in total. The minimum Gasteiger partial charge on any atom is -0.506 e. The summed E-state index contributed by atoms with van der Waals surface area (Å²) in [6.07, 6.45) is -0.902. The average Bonchev–Trinajstić information content (AvgIpc) is 3.15. The number of carbonyl (C=O) groups is 1. The van der Waals surface area contributed by atoms with E-state index in [0.717, 1.165) is 55.1 Å². The third kappa shape index (κ3) is 5.51. The number of benzene rings is 2. The van der Waals surface area contributed by atoms with Gasteiger partial charge in [-0.2, -0.15) is 13.2 Å². The van der Waals surface area contributed by atoms with E-state index in [0.29, 0.717) is 0 Å². The van der Waals surface area contributed by atoms with E-state index in [9.17, 15) is 18.3 Å². The number of hydrogen-bond acceptors (Lipinski definition) is 6. The number of rotatable bonds is 3. The lowest BCUT2D eigenvalue weighted by Gasteiger charge is -2.23. The fourth-order valence-corrected chi connectivity index (χ4v) is 4.38. The number of halogens is 3. The number of hydrogen-bond donors (Lipinski definition) is 4. The maximum absolute atomic E-state index is 10.6. The molecule has 190 valence electrons. The zero-order chi connectivity index (χ0) is 25.9. The van der Waals surface area contributed by atoms with Gasteiger partial charge in [0.15, 0.2) is 0 Å². The van der Waals surface area contributed by atoms with Crippen molar-refractivity contribution in [3.8, 4) is 17.0 Å². The van der Waals surface area contributed by atoms with Crippen LogP contribution in [0.5, 0.6) is 5.75 Å². The molecule has 8 nitrogen and oxygen atoms in total. The number of aromatic nitrogens is 3. The summed E-state index contributed by atoms with van der Waals surface area (Å²) >= 11 is 0. The molecular weight excluding hydrogens is 475 g/mol. The van der Waals surface area contributed by atoms with E-state index in [1.165, 1.54) is 16.7 Å². The van der Waals surface area contributed by atoms with E-state index in [1.54, 1.807) is 6.07 Å². The summed E-state index contributed by atoms with van der Waals surface area (Å²) < 4.78 is 33.7. The van der Waals surface area contributed by atoms with Crippen LogP contribution in [0.4, 0.5) is 18.9 Å². The van der Waals surface area contributed by atoms with Crippen molar-refractivity contribution in [2.75, 3.05) is 18.4 Å². The van der Waals surface area contributed by atoms with Crippen molar-refractivity contribution in [2.45, 2.75) is 38.5 Å². The Balaban J connectivity index is 0.000000384. The Morgan fingerprint density at radius 1 is 1.22 bits per heavy atom. The number of para-hydroxylation sites is 2. The molecule has 2 aliphatic rings. The molecule has 3 heterocycles. The Labute approximate surface area is 205 Å². The van der Waals surface area contributed by atoms with Crippen molar-refractivity contribution >= 4 is 17.2 Å². The van der Waals surface area contributed by atoms with E-state index < -0.39 is 12.1 Å². The van der Waals surface area contributed by atoms with Gasteiger partial charge in [-0.15, -0.1) is 5.10 Å². The topological polar surface area (TPSA) is 112 Å². The van der Waals surface area contributed by atoms with Crippen molar-refractivity contribution < 1.29 is 28.2 Å². The van der Waals surface area contributed by atoms with Gasteiger partial charge < -0.3 is 20.8 Å². The van der Waals surface area contributed by atoms with Gasteiger partial charge in [-0.3, -0.25) is 0 Å². The number of aryl methyl sites for hydroxylation is 2. The lowest BCUT2D eigenvalue weighted by atomic mass is 9.90. The molecule has 5 rings (SSSR count). The van der Waals surface area contributed by atoms with E-state index in [-0.39, 0.29) is 11.8 Å². The molecule has 36 heavy (non-hydrogen) atoms. The van der Waals surface area contributed by atoms with Crippen LogP contribution in [0.25, 0.3) is 16.8 Å². The second-order valence-electron chi connectivity index (χ2n) is 8.54.